The van der Waals surface area contributed by atoms with E-state index < -0.39 is 15.8 Å². The maximum Gasteiger partial charge on any atom is 0.265 e. The summed E-state index contributed by atoms with van der Waals surface area (Å²) in [6.45, 7) is 1.98. The molecule has 0 saturated heterocycles. The van der Waals surface area contributed by atoms with E-state index in [-0.39, 0.29) is 10.6 Å². The fourth-order valence-corrected chi connectivity index (χ4v) is 3.98. The zero-order chi connectivity index (χ0) is 16.2. The van der Waals surface area contributed by atoms with Crippen molar-refractivity contribution in [2.45, 2.75) is 16.7 Å². The molecule has 0 radical (unpaired) electrons. The quantitative estimate of drug-likeness (QED) is 0.813. The van der Waals surface area contributed by atoms with Crippen molar-refractivity contribution >= 4 is 27.5 Å². The van der Waals surface area contributed by atoms with Gasteiger partial charge in [0.05, 0.1) is 12.8 Å². The Morgan fingerprint density at radius 2 is 1.95 bits per heavy atom. The summed E-state index contributed by atoms with van der Waals surface area (Å²) in [6.07, 6.45) is 0. The van der Waals surface area contributed by atoms with E-state index in [0.29, 0.717) is 5.69 Å². The van der Waals surface area contributed by atoms with Gasteiger partial charge in [-0.3, -0.25) is 4.72 Å². The monoisotopic (exact) mass is 341 g/mol. The third kappa shape index (κ3) is 3.72. The Morgan fingerprint density at radius 3 is 2.64 bits per heavy atom. The van der Waals surface area contributed by atoms with Crippen LogP contribution in [0.15, 0.2) is 52.3 Å². The molecular formula is C15H16FNO3S2. The van der Waals surface area contributed by atoms with Crippen molar-refractivity contribution in [1.29, 1.82) is 0 Å². The van der Waals surface area contributed by atoms with Crippen LogP contribution in [-0.2, 0) is 10.0 Å². The zero-order valence-corrected chi connectivity index (χ0v) is 13.8. The summed E-state index contributed by atoms with van der Waals surface area (Å²) in [4.78, 5) is 0.579. The number of nitrogens with one attached hydrogen (secondary N) is 1. The van der Waals surface area contributed by atoms with E-state index in [9.17, 15) is 12.8 Å². The van der Waals surface area contributed by atoms with Crippen molar-refractivity contribution in [3.05, 3.63) is 48.3 Å². The summed E-state index contributed by atoms with van der Waals surface area (Å²) in [5, 5.41) is 0. The highest BCUT2D eigenvalue weighted by atomic mass is 32.2. The molecular weight excluding hydrogens is 325 g/mol. The molecule has 0 aliphatic carbocycles. The number of hydrogen-bond acceptors (Lipinski definition) is 4. The van der Waals surface area contributed by atoms with E-state index in [1.807, 2.05) is 19.1 Å². The van der Waals surface area contributed by atoms with Gasteiger partial charge < -0.3 is 4.74 Å². The van der Waals surface area contributed by atoms with E-state index in [2.05, 4.69) is 4.72 Å². The molecule has 0 aliphatic rings. The van der Waals surface area contributed by atoms with Gasteiger partial charge in [-0.1, -0.05) is 19.1 Å². The first-order chi connectivity index (χ1) is 10.5. The van der Waals surface area contributed by atoms with E-state index in [0.717, 1.165) is 22.8 Å². The molecule has 7 heteroatoms. The minimum absolute atomic E-state index is 0.0922. The summed E-state index contributed by atoms with van der Waals surface area (Å²) in [7, 11) is -2.61. The highest BCUT2D eigenvalue weighted by molar-refractivity contribution is 7.99. The first kappa shape index (κ1) is 16.6. The predicted molar refractivity (Wildman–Crippen MR) is 86.6 cm³/mol. The van der Waals surface area contributed by atoms with Crippen LogP contribution in [0.1, 0.15) is 6.92 Å². The van der Waals surface area contributed by atoms with Gasteiger partial charge in [0.15, 0.2) is 0 Å². The molecule has 1 N–H and O–H groups in total. The van der Waals surface area contributed by atoms with Crippen molar-refractivity contribution in [2.75, 3.05) is 17.6 Å². The largest absolute Gasteiger partial charge is 0.495 e. The first-order valence-corrected chi connectivity index (χ1v) is 9.03. The second kappa shape index (κ2) is 7.02. The van der Waals surface area contributed by atoms with Crippen LogP contribution in [0.2, 0.25) is 0 Å². The summed E-state index contributed by atoms with van der Waals surface area (Å²) in [5.74, 6) is 0.258. The molecule has 118 valence electrons. The van der Waals surface area contributed by atoms with Gasteiger partial charge in [-0.2, -0.15) is 0 Å². The zero-order valence-electron chi connectivity index (χ0n) is 12.2. The van der Waals surface area contributed by atoms with Gasteiger partial charge in [-0.15, -0.1) is 11.8 Å². The topological polar surface area (TPSA) is 55.4 Å². The Kier molecular flexibility index (Phi) is 5.31. The van der Waals surface area contributed by atoms with Gasteiger partial charge in [-0.25, -0.2) is 12.8 Å². The first-order valence-electron chi connectivity index (χ1n) is 6.56. The molecule has 0 heterocycles. The molecule has 0 amide bonds. The van der Waals surface area contributed by atoms with Crippen molar-refractivity contribution in [2.24, 2.45) is 0 Å². The summed E-state index contributed by atoms with van der Waals surface area (Å²) in [6, 6.07) is 10.4. The average Bonchev–Trinajstić information content (AvgIpc) is 2.49. The molecule has 0 fully saturated rings. The van der Waals surface area contributed by atoms with Gasteiger partial charge in [0, 0.05) is 4.90 Å². The second-order valence-corrected chi connectivity index (χ2v) is 7.29. The molecule has 0 spiro atoms. The van der Waals surface area contributed by atoms with Gasteiger partial charge >= 0.3 is 0 Å². The number of halogens is 1. The Morgan fingerprint density at radius 1 is 1.23 bits per heavy atom. The number of para-hydroxylation sites is 1. The highest BCUT2D eigenvalue weighted by Gasteiger charge is 2.21. The third-order valence-corrected chi connectivity index (χ3v) is 5.19. The molecule has 0 saturated carbocycles. The lowest BCUT2D eigenvalue weighted by atomic mass is 10.3. The van der Waals surface area contributed by atoms with Crippen LogP contribution in [-0.4, -0.2) is 21.3 Å². The molecule has 0 atom stereocenters. The number of anilines is 1. The molecule has 0 bridgehead atoms. The number of methoxy groups -OCH3 is 1. The van der Waals surface area contributed by atoms with Crippen LogP contribution in [0, 0.1) is 5.82 Å². The maximum atomic E-state index is 13.4. The molecule has 0 aliphatic heterocycles. The Hall–Kier alpha value is -1.73. The van der Waals surface area contributed by atoms with Gasteiger partial charge in [0.25, 0.3) is 10.0 Å². The number of sulfonamides is 1. The molecule has 0 aromatic heterocycles. The lowest BCUT2D eigenvalue weighted by molar-refractivity contribution is 0.401. The van der Waals surface area contributed by atoms with Crippen LogP contribution in [0.3, 0.4) is 0 Å². The average molecular weight is 341 g/mol. The van der Waals surface area contributed by atoms with Crippen molar-refractivity contribution in [3.8, 4) is 5.75 Å². The Labute approximate surface area is 133 Å². The van der Waals surface area contributed by atoms with Crippen molar-refractivity contribution in [1.82, 2.24) is 0 Å². The van der Waals surface area contributed by atoms with Gasteiger partial charge in [0.1, 0.15) is 16.5 Å². The van der Waals surface area contributed by atoms with Crippen LogP contribution >= 0.6 is 11.8 Å². The minimum atomic E-state index is -3.95. The summed E-state index contributed by atoms with van der Waals surface area (Å²) >= 11 is 1.52. The molecule has 2 aromatic carbocycles. The van der Waals surface area contributed by atoms with Gasteiger partial charge in [-0.05, 0) is 36.1 Å². The van der Waals surface area contributed by atoms with E-state index in [1.165, 1.54) is 24.9 Å². The Balaban J connectivity index is 2.43. The minimum Gasteiger partial charge on any atom is -0.495 e. The van der Waals surface area contributed by atoms with E-state index in [4.69, 9.17) is 4.74 Å². The summed E-state index contributed by atoms with van der Waals surface area (Å²) < 4.78 is 46.0. The number of benzene rings is 2. The SMILES string of the molecule is CCSc1ccccc1NS(=O)(=O)c1cc(F)ccc1OC. The number of thioether (sulfide) groups is 1. The predicted octanol–water partition coefficient (Wildman–Crippen LogP) is 3.75. The van der Waals surface area contributed by atoms with Crippen LogP contribution in [0.5, 0.6) is 5.75 Å². The normalized spacial score (nSPS) is 11.2. The molecule has 4 nitrogen and oxygen atoms in total. The lowest BCUT2D eigenvalue weighted by Crippen LogP contribution is -2.15. The smallest absolute Gasteiger partial charge is 0.265 e. The number of rotatable bonds is 6. The number of hydrogen-bond donors (Lipinski definition) is 1. The van der Waals surface area contributed by atoms with Gasteiger partial charge in [0.2, 0.25) is 0 Å². The lowest BCUT2D eigenvalue weighted by Gasteiger charge is -2.14. The fraction of sp³-hybridized carbons (Fsp3) is 0.200. The van der Waals surface area contributed by atoms with E-state index in [1.54, 1.807) is 12.1 Å². The molecule has 2 rings (SSSR count). The molecule has 2 aromatic rings. The van der Waals surface area contributed by atoms with Crippen LogP contribution in [0.25, 0.3) is 0 Å². The fourth-order valence-electron chi connectivity index (χ4n) is 1.89. The molecule has 0 unspecified atom stereocenters. The Bertz CT molecular complexity index is 763. The van der Waals surface area contributed by atoms with Crippen LogP contribution in [0.4, 0.5) is 10.1 Å². The standard InChI is InChI=1S/C15H16FNO3S2/c1-3-21-14-7-5-4-6-12(14)17-22(18,19)15-10-11(16)8-9-13(15)20-2/h4-10,17H,3H2,1-2H3. The molecule has 22 heavy (non-hydrogen) atoms. The second-order valence-electron chi connectivity index (χ2n) is 4.33. The third-order valence-electron chi connectivity index (χ3n) is 2.85. The summed E-state index contributed by atoms with van der Waals surface area (Å²) in [5.41, 5.74) is 0.459. The van der Waals surface area contributed by atoms with Crippen molar-refractivity contribution in [3.63, 3.8) is 0 Å². The maximum absolute atomic E-state index is 13.4. The van der Waals surface area contributed by atoms with E-state index >= 15 is 0 Å². The highest BCUT2D eigenvalue weighted by Crippen LogP contribution is 2.31. The van der Waals surface area contributed by atoms with Crippen molar-refractivity contribution < 1.29 is 17.5 Å². The van der Waals surface area contributed by atoms with Crippen LogP contribution < -0.4 is 9.46 Å². The number of ether oxygens (including phenoxy) is 1.